The van der Waals surface area contributed by atoms with Crippen molar-refractivity contribution in [1.82, 2.24) is 0 Å². The van der Waals surface area contributed by atoms with Crippen LogP contribution in [0.3, 0.4) is 0 Å². The summed E-state index contributed by atoms with van der Waals surface area (Å²) in [5, 5.41) is 0. The highest BCUT2D eigenvalue weighted by Crippen LogP contribution is 2.29. The lowest BCUT2D eigenvalue weighted by atomic mass is 9.98. The predicted molar refractivity (Wildman–Crippen MR) is 45.9 cm³/mol. The number of hydrogen-bond donors (Lipinski definition) is 0. The third-order valence-electron chi connectivity index (χ3n) is 3.00. The van der Waals surface area contributed by atoms with Gasteiger partial charge in [-0.15, -0.1) is 0 Å². The number of carbonyl (C=O) groups excluding carboxylic acids is 1. The van der Waals surface area contributed by atoms with Crippen molar-refractivity contribution in [2.45, 2.75) is 44.6 Å². The van der Waals surface area contributed by atoms with Crippen LogP contribution in [0.5, 0.6) is 0 Å². The SMILES string of the molecule is O=C1CCCC1CC1CCCO1. The van der Waals surface area contributed by atoms with Gasteiger partial charge in [-0.1, -0.05) is 0 Å². The predicted octanol–water partition coefficient (Wildman–Crippen LogP) is 1.92. The largest absolute Gasteiger partial charge is 0.378 e. The Morgan fingerprint density at radius 1 is 1.33 bits per heavy atom. The van der Waals surface area contributed by atoms with Gasteiger partial charge in [0.1, 0.15) is 5.78 Å². The smallest absolute Gasteiger partial charge is 0.136 e. The minimum atomic E-state index is 0.341. The summed E-state index contributed by atoms with van der Waals surface area (Å²) in [6.07, 6.45) is 6.79. The minimum absolute atomic E-state index is 0.341. The average Bonchev–Trinajstić information content (AvgIpc) is 2.65. The van der Waals surface area contributed by atoms with Crippen molar-refractivity contribution in [3.63, 3.8) is 0 Å². The molecule has 0 aromatic rings. The van der Waals surface area contributed by atoms with Crippen LogP contribution < -0.4 is 0 Å². The van der Waals surface area contributed by atoms with Crippen molar-refractivity contribution in [2.24, 2.45) is 5.92 Å². The van der Waals surface area contributed by atoms with E-state index in [1.807, 2.05) is 0 Å². The highest BCUT2D eigenvalue weighted by Gasteiger charge is 2.28. The first-order valence-corrected chi connectivity index (χ1v) is 5.00. The normalized spacial score (nSPS) is 36.2. The molecule has 1 aliphatic heterocycles. The van der Waals surface area contributed by atoms with Crippen LogP contribution in [-0.2, 0) is 9.53 Å². The number of ketones is 1. The van der Waals surface area contributed by atoms with Crippen molar-refractivity contribution < 1.29 is 9.53 Å². The van der Waals surface area contributed by atoms with Crippen LogP contribution in [0.2, 0.25) is 0 Å². The zero-order valence-electron chi connectivity index (χ0n) is 7.42. The van der Waals surface area contributed by atoms with Gasteiger partial charge in [0.2, 0.25) is 0 Å². The molecule has 2 nitrogen and oxygen atoms in total. The molecule has 2 aliphatic rings. The van der Waals surface area contributed by atoms with Crippen LogP contribution >= 0.6 is 0 Å². The molecule has 2 atom stereocenters. The molecular formula is C10H16O2. The fourth-order valence-corrected chi connectivity index (χ4v) is 2.28. The number of rotatable bonds is 2. The molecular weight excluding hydrogens is 152 g/mol. The maximum absolute atomic E-state index is 11.3. The Bertz CT molecular complexity index is 171. The van der Waals surface area contributed by atoms with Gasteiger partial charge in [-0.3, -0.25) is 4.79 Å². The van der Waals surface area contributed by atoms with E-state index in [1.54, 1.807) is 0 Å². The second-order valence-electron chi connectivity index (χ2n) is 3.93. The third-order valence-corrected chi connectivity index (χ3v) is 3.00. The first-order chi connectivity index (χ1) is 5.86. The molecule has 1 saturated carbocycles. The van der Waals surface area contributed by atoms with Gasteiger partial charge in [0.25, 0.3) is 0 Å². The molecule has 0 aromatic carbocycles. The standard InChI is InChI=1S/C10H16O2/c11-10-5-1-3-8(10)7-9-4-2-6-12-9/h8-9H,1-7H2. The van der Waals surface area contributed by atoms with Gasteiger partial charge in [0, 0.05) is 18.9 Å². The zero-order chi connectivity index (χ0) is 8.39. The molecule has 0 spiro atoms. The molecule has 1 heterocycles. The van der Waals surface area contributed by atoms with Crippen molar-refractivity contribution >= 4 is 5.78 Å². The Kier molecular flexibility index (Phi) is 2.45. The van der Waals surface area contributed by atoms with E-state index < -0.39 is 0 Å². The summed E-state index contributed by atoms with van der Waals surface area (Å²) in [4.78, 5) is 11.3. The zero-order valence-corrected chi connectivity index (χ0v) is 7.42. The Morgan fingerprint density at radius 2 is 2.25 bits per heavy atom. The Hall–Kier alpha value is -0.370. The fourth-order valence-electron chi connectivity index (χ4n) is 2.28. The van der Waals surface area contributed by atoms with E-state index in [4.69, 9.17) is 4.74 Å². The number of carbonyl (C=O) groups is 1. The maximum atomic E-state index is 11.3. The van der Waals surface area contributed by atoms with E-state index in [0.717, 1.165) is 32.3 Å². The number of Topliss-reactive ketones (excluding diaryl/α,β-unsaturated/α-hetero) is 1. The number of ether oxygens (including phenoxy) is 1. The molecule has 68 valence electrons. The second kappa shape index (κ2) is 3.56. The summed E-state index contributed by atoms with van der Waals surface area (Å²) < 4.78 is 5.51. The molecule has 1 saturated heterocycles. The van der Waals surface area contributed by atoms with Crippen LogP contribution in [0.15, 0.2) is 0 Å². The highest BCUT2D eigenvalue weighted by atomic mass is 16.5. The van der Waals surface area contributed by atoms with E-state index >= 15 is 0 Å². The van der Waals surface area contributed by atoms with Crippen molar-refractivity contribution in [3.8, 4) is 0 Å². The van der Waals surface area contributed by atoms with Crippen LogP contribution in [-0.4, -0.2) is 18.5 Å². The third kappa shape index (κ3) is 1.69. The summed E-state index contributed by atoms with van der Waals surface area (Å²) in [5.41, 5.74) is 0. The maximum Gasteiger partial charge on any atom is 0.136 e. The van der Waals surface area contributed by atoms with E-state index in [0.29, 0.717) is 17.8 Å². The molecule has 0 bridgehead atoms. The second-order valence-corrected chi connectivity index (χ2v) is 3.93. The Labute approximate surface area is 73.3 Å². The van der Waals surface area contributed by atoms with Crippen LogP contribution in [0.4, 0.5) is 0 Å². The van der Waals surface area contributed by atoms with Gasteiger partial charge in [-0.05, 0) is 32.1 Å². The molecule has 0 amide bonds. The summed E-state index contributed by atoms with van der Waals surface area (Å²) in [6.45, 7) is 0.908. The lowest BCUT2D eigenvalue weighted by Crippen LogP contribution is -2.15. The molecule has 2 fully saturated rings. The van der Waals surface area contributed by atoms with Crippen LogP contribution in [0, 0.1) is 5.92 Å². The van der Waals surface area contributed by atoms with E-state index in [2.05, 4.69) is 0 Å². The first-order valence-electron chi connectivity index (χ1n) is 5.00. The average molecular weight is 168 g/mol. The summed E-state index contributed by atoms with van der Waals surface area (Å²) in [5.74, 6) is 0.818. The Morgan fingerprint density at radius 3 is 2.83 bits per heavy atom. The Balaban J connectivity index is 1.81. The van der Waals surface area contributed by atoms with Crippen LogP contribution in [0.1, 0.15) is 38.5 Å². The topological polar surface area (TPSA) is 26.3 Å². The monoisotopic (exact) mass is 168 g/mol. The molecule has 0 radical (unpaired) electrons. The fraction of sp³-hybridized carbons (Fsp3) is 0.900. The van der Waals surface area contributed by atoms with Crippen molar-refractivity contribution in [2.75, 3.05) is 6.61 Å². The summed E-state index contributed by atoms with van der Waals surface area (Å²) in [7, 11) is 0. The minimum Gasteiger partial charge on any atom is -0.378 e. The van der Waals surface area contributed by atoms with Gasteiger partial charge in [-0.25, -0.2) is 0 Å². The summed E-state index contributed by atoms with van der Waals surface area (Å²) >= 11 is 0. The van der Waals surface area contributed by atoms with E-state index in [9.17, 15) is 4.79 Å². The van der Waals surface area contributed by atoms with Gasteiger partial charge in [0.15, 0.2) is 0 Å². The number of hydrogen-bond acceptors (Lipinski definition) is 2. The highest BCUT2D eigenvalue weighted by molar-refractivity contribution is 5.82. The lowest BCUT2D eigenvalue weighted by Gasteiger charge is -2.13. The molecule has 2 rings (SSSR count). The molecule has 12 heavy (non-hydrogen) atoms. The lowest BCUT2D eigenvalue weighted by molar-refractivity contribution is -0.121. The van der Waals surface area contributed by atoms with Crippen molar-refractivity contribution in [3.05, 3.63) is 0 Å². The first kappa shape index (κ1) is 8.24. The van der Waals surface area contributed by atoms with Gasteiger partial charge in [0.05, 0.1) is 6.10 Å². The molecule has 0 aromatic heterocycles. The van der Waals surface area contributed by atoms with Gasteiger partial charge < -0.3 is 4.74 Å². The van der Waals surface area contributed by atoms with Gasteiger partial charge >= 0.3 is 0 Å². The molecule has 1 aliphatic carbocycles. The molecule has 2 unspecified atom stereocenters. The molecule has 2 heteroatoms. The van der Waals surface area contributed by atoms with Gasteiger partial charge in [-0.2, -0.15) is 0 Å². The van der Waals surface area contributed by atoms with E-state index in [-0.39, 0.29) is 0 Å². The van der Waals surface area contributed by atoms with Crippen LogP contribution in [0.25, 0.3) is 0 Å². The van der Waals surface area contributed by atoms with Crippen molar-refractivity contribution in [1.29, 1.82) is 0 Å². The summed E-state index contributed by atoms with van der Waals surface area (Å²) in [6, 6.07) is 0. The quantitative estimate of drug-likeness (QED) is 0.629. The molecule has 0 N–H and O–H groups in total. The van der Waals surface area contributed by atoms with E-state index in [1.165, 1.54) is 12.8 Å².